The van der Waals surface area contributed by atoms with Crippen molar-refractivity contribution in [3.8, 4) is 0 Å². The van der Waals surface area contributed by atoms with E-state index in [-0.39, 0.29) is 6.54 Å². The first-order valence-corrected chi connectivity index (χ1v) is 13.9. The highest BCUT2D eigenvalue weighted by Crippen LogP contribution is 2.34. The molecule has 20 atom stereocenters. The lowest BCUT2D eigenvalue weighted by Gasteiger charge is -2.48. The van der Waals surface area contributed by atoms with Gasteiger partial charge in [0.25, 0.3) is 0 Å². The van der Waals surface area contributed by atoms with E-state index in [2.05, 4.69) is 0 Å². The van der Waals surface area contributed by atoms with Gasteiger partial charge in [0.05, 0.1) is 43.5 Å². The Morgan fingerprint density at radius 1 is 0.442 bits per heavy atom. The molecule has 0 spiro atoms. The topological polar surface area (TPSA) is 368 Å². The quantitative estimate of drug-likeness (QED) is 0.112. The largest absolute Gasteiger partial charge is 0.394 e. The summed E-state index contributed by atoms with van der Waals surface area (Å²) in [4.78, 5) is 0. The number of rotatable bonds is 9. The third kappa shape index (κ3) is 6.70. The van der Waals surface area contributed by atoms with E-state index in [1.807, 2.05) is 0 Å². The van der Waals surface area contributed by atoms with Crippen LogP contribution in [0.2, 0.25) is 0 Å². The van der Waals surface area contributed by atoms with Crippen molar-refractivity contribution in [1.82, 2.24) is 0 Å². The highest BCUT2D eigenvalue weighted by Gasteiger charge is 2.56. The van der Waals surface area contributed by atoms with Gasteiger partial charge in [0.2, 0.25) is 0 Å². The van der Waals surface area contributed by atoms with E-state index < -0.39 is 136 Å². The van der Waals surface area contributed by atoms with Gasteiger partial charge in [-0.05, 0) is 0 Å². The maximum absolute atomic E-state index is 11.1. The van der Waals surface area contributed by atoms with E-state index in [1.165, 1.54) is 0 Å². The fraction of sp³-hybridized carbons (Fsp3) is 1.00. The third-order valence-electron chi connectivity index (χ3n) is 8.48. The zero-order valence-electron chi connectivity index (χ0n) is 23.0. The molecule has 1 aliphatic carbocycles. The fourth-order valence-electron chi connectivity index (χ4n) is 5.70. The number of ether oxygens (including phenoxy) is 6. The van der Waals surface area contributed by atoms with Crippen LogP contribution >= 0.6 is 0 Å². The number of hydrogen-bond donors (Lipinski definition) is 14. The van der Waals surface area contributed by atoms with Crippen LogP contribution in [0, 0.1) is 0 Å². The Morgan fingerprint density at radius 2 is 0.907 bits per heavy atom. The number of hydrogen-bond acceptors (Lipinski definition) is 20. The van der Waals surface area contributed by atoms with Gasteiger partial charge in [0.15, 0.2) is 18.9 Å². The van der Waals surface area contributed by atoms with Gasteiger partial charge in [-0.1, -0.05) is 0 Å². The van der Waals surface area contributed by atoms with Crippen molar-refractivity contribution in [2.24, 2.45) is 28.7 Å². The molecule has 3 aliphatic heterocycles. The van der Waals surface area contributed by atoms with Crippen molar-refractivity contribution in [1.29, 1.82) is 0 Å². The average Bonchev–Trinajstić information content (AvgIpc) is 3.29. The van der Waals surface area contributed by atoms with Crippen molar-refractivity contribution in [2.45, 2.75) is 122 Å². The molecule has 0 aromatic heterocycles. The molecule has 3 heterocycles. The molecule has 0 bridgehead atoms. The lowest BCUT2D eigenvalue weighted by atomic mass is 9.82. The van der Waals surface area contributed by atoms with E-state index >= 15 is 0 Å². The minimum Gasteiger partial charge on any atom is -0.394 e. The van der Waals surface area contributed by atoms with E-state index in [0.29, 0.717) is 0 Å². The first-order valence-electron chi connectivity index (χ1n) is 13.9. The highest BCUT2D eigenvalue weighted by atomic mass is 16.8. The Balaban J connectivity index is 1.52. The number of nitrogens with two attached hydrogens (primary N) is 5. The summed E-state index contributed by atoms with van der Waals surface area (Å²) in [6.07, 6.45) is -23.5. The molecule has 4 rings (SSSR count). The number of aliphatic hydroxyl groups excluding tert-OH is 9. The molecule has 3 saturated heterocycles. The summed E-state index contributed by atoms with van der Waals surface area (Å²) in [6.45, 7) is -1.62. The van der Waals surface area contributed by atoms with Crippen LogP contribution in [-0.2, 0) is 28.4 Å². The van der Waals surface area contributed by atoms with Gasteiger partial charge in [-0.2, -0.15) is 0 Å². The van der Waals surface area contributed by atoms with E-state index in [1.54, 1.807) is 0 Å². The second kappa shape index (κ2) is 14.3. The molecule has 20 heteroatoms. The van der Waals surface area contributed by atoms with Gasteiger partial charge in [0.1, 0.15) is 73.2 Å². The Morgan fingerprint density at radius 3 is 1.44 bits per heavy atom. The van der Waals surface area contributed by atoms with Crippen LogP contribution in [0.5, 0.6) is 0 Å². The summed E-state index contributed by atoms with van der Waals surface area (Å²) in [6, 6.07) is -5.35. The van der Waals surface area contributed by atoms with Gasteiger partial charge in [-0.15, -0.1) is 0 Å². The summed E-state index contributed by atoms with van der Waals surface area (Å²) in [5.74, 6) is 0. The molecule has 0 radical (unpaired) electrons. The smallest absolute Gasteiger partial charge is 0.187 e. The van der Waals surface area contributed by atoms with Crippen LogP contribution in [0.25, 0.3) is 0 Å². The van der Waals surface area contributed by atoms with Crippen molar-refractivity contribution in [2.75, 3.05) is 19.8 Å². The summed E-state index contributed by atoms with van der Waals surface area (Å²) in [7, 11) is 0. The molecule has 0 unspecified atom stereocenters. The Hall–Kier alpha value is -0.800. The molecule has 19 N–H and O–H groups in total. The van der Waals surface area contributed by atoms with Gasteiger partial charge in [-0.3, -0.25) is 0 Å². The molecule has 4 aliphatic rings. The lowest BCUT2D eigenvalue weighted by molar-refractivity contribution is -0.312. The van der Waals surface area contributed by atoms with Crippen molar-refractivity contribution >= 4 is 0 Å². The predicted molar refractivity (Wildman–Crippen MR) is 138 cm³/mol. The average molecular weight is 632 g/mol. The van der Waals surface area contributed by atoms with Gasteiger partial charge >= 0.3 is 0 Å². The van der Waals surface area contributed by atoms with Gasteiger partial charge < -0.3 is 103 Å². The summed E-state index contributed by atoms with van der Waals surface area (Å²) >= 11 is 0. The molecule has 20 nitrogen and oxygen atoms in total. The maximum atomic E-state index is 11.1. The molecule has 0 amide bonds. The molecule has 0 aromatic rings. The Kier molecular flexibility index (Phi) is 11.7. The summed E-state index contributed by atoms with van der Waals surface area (Å²) in [5.41, 5.74) is 29.7. The molecular formula is C23H45N5O15. The van der Waals surface area contributed by atoms with E-state index in [9.17, 15) is 46.0 Å². The normalized spacial score (nSPS) is 54.6. The van der Waals surface area contributed by atoms with Crippen LogP contribution in [0.1, 0.15) is 0 Å². The minimum absolute atomic E-state index is 0.215. The number of aliphatic hydroxyl groups is 9. The lowest BCUT2D eigenvalue weighted by Crippen LogP contribution is -2.72. The predicted octanol–water partition coefficient (Wildman–Crippen LogP) is -9.89. The van der Waals surface area contributed by atoms with Gasteiger partial charge in [-0.25, -0.2) is 0 Å². The van der Waals surface area contributed by atoms with Crippen LogP contribution in [0.3, 0.4) is 0 Å². The standard InChI is InChI=1S/C23H45N5O15/c24-1-4-11(31)14(34)9(27)21(38-4)42-19-8(26)13(33)7(25)16(36)20(19)43-23-17(37)18(6(3-30)40-23)41-22-10(28)15(35)12(32)5(2-29)39-22/h4-23,29-37H,1-3,24-28H2/t4-,5+,6+,7-,8+,9-,10-,11-,12-,13-,14-,15-,16+,17-,18-,19-,20-,21-,22-,23+/m1/s1. The molecule has 4 fully saturated rings. The van der Waals surface area contributed by atoms with E-state index in [4.69, 9.17) is 57.1 Å². The van der Waals surface area contributed by atoms with Crippen LogP contribution < -0.4 is 28.7 Å². The SMILES string of the molecule is NC[C@H]1O[C@H](O[C@@H]2[C@@H](N)[C@H](O)[C@@H](N)[C@H](O)[C@H]2O[C@@H]2O[C@@H](CO)[C@@H](O[C@H]3O[C@@H](CO)[C@@H](O)[C@H](O)[C@H]3N)[C@H]2O)[C@H](N)[C@@H](O)[C@@H]1O. The Labute approximate surface area is 245 Å². The molecule has 0 aromatic carbocycles. The fourth-order valence-corrected chi connectivity index (χ4v) is 5.70. The van der Waals surface area contributed by atoms with Gasteiger partial charge in [0, 0.05) is 6.54 Å². The molecule has 43 heavy (non-hydrogen) atoms. The summed E-state index contributed by atoms with van der Waals surface area (Å²) in [5, 5.41) is 92.8. The highest BCUT2D eigenvalue weighted by molar-refractivity contribution is 5.06. The first kappa shape index (κ1) is 35.1. The van der Waals surface area contributed by atoms with Crippen LogP contribution in [0.4, 0.5) is 0 Å². The zero-order valence-corrected chi connectivity index (χ0v) is 23.0. The van der Waals surface area contributed by atoms with E-state index in [0.717, 1.165) is 0 Å². The molecule has 1 saturated carbocycles. The molecule has 252 valence electrons. The van der Waals surface area contributed by atoms with Crippen molar-refractivity contribution < 1.29 is 74.4 Å². The van der Waals surface area contributed by atoms with Crippen LogP contribution in [-0.4, -0.2) is 188 Å². The van der Waals surface area contributed by atoms with Crippen LogP contribution in [0.15, 0.2) is 0 Å². The summed E-state index contributed by atoms with van der Waals surface area (Å²) < 4.78 is 34.1. The Bertz CT molecular complexity index is 898. The van der Waals surface area contributed by atoms with Crippen molar-refractivity contribution in [3.05, 3.63) is 0 Å². The monoisotopic (exact) mass is 631 g/mol. The maximum Gasteiger partial charge on any atom is 0.187 e. The second-order valence-corrected chi connectivity index (χ2v) is 11.3. The zero-order chi connectivity index (χ0) is 31.9. The second-order valence-electron chi connectivity index (χ2n) is 11.3. The molecular weight excluding hydrogens is 586 g/mol. The first-order chi connectivity index (χ1) is 20.3. The third-order valence-corrected chi connectivity index (χ3v) is 8.48. The minimum atomic E-state index is -1.71. The van der Waals surface area contributed by atoms with Crippen molar-refractivity contribution in [3.63, 3.8) is 0 Å².